The maximum atomic E-state index is 5.53. The summed E-state index contributed by atoms with van der Waals surface area (Å²) in [7, 11) is 1.69. The number of imidazole rings is 1. The standard InChI is InChI=1S/C24H22N2O/c1-27-23-15-9-8-14-20(23)24-25-21(16-18-10-4-2-5-11-18)22(26-24)17-19-12-6-3-7-13-19/h2-15H,16-17H2,1H3,(H,25,26). The molecule has 1 aromatic heterocycles. The molecule has 3 nitrogen and oxygen atoms in total. The van der Waals surface area contributed by atoms with E-state index in [0.717, 1.165) is 41.4 Å². The fourth-order valence-electron chi connectivity index (χ4n) is 3.29. The van der Waals surface area contributed by atoms with Gasteiger partial charge in [-0.05, 0) is 23.3 Å². The first-order valence-corrected chi connectivity index (χ1v) is 9.12. The Bertz CT molecular complexity index is 948. The average Bonchev–Trinajstić information content (AvgIpc) is 3.11. The second-order valence-electron chi connectivity index (χ2n) is 6.54. The highest BCUT2D eigenvalue weighted by Gasteiger charge is 2.15. The lowest BCUT2D eigenvalue weighted by atomic mass is 10.0. The van der Waals surface area contributed by atoms with Crippen molar-refractivity contribution in [2.45, 2.75) is 12.8 Å². The zero-order chi connectivity index (χ0) is 18.5. The van der Waals surface area contributed by atoms with Gasteiger partial charge in [0.1, 0.15) is 11.6 Å². The molecule has 0 atom stereocenters. The molecule has 0 aliphatic rings. The number of hydrogen-bond acceptors (Lipinski definition) is 2. The van der Waals surface area contributed by atoms with Crippen molar-refractivity contribution in [3.63, 3.8) is 0 Å². The molecule has 0 unspecified atom stereocenters. The molecule has 0 saturated heterocycles. The Balaban J connectivity index is 1.74. The molecular weight excluding hydrogens is 332 g/mol. The van der Waals surface area contributed by atoms with Crippen molar-refractivity contribution < 1.29 is 4.74 Å². The molecule has 134 valence electrons. The minimum Gasteiger partial charge on any atom is -0.496 e. The van der Waals surface area contributed by atoms with E-state index in [1.165, 1.54) is 11.1 Å². The second-order valence-corrected chi connectivity index (χ2v) is 6.54. The van der Waals surface area contributed by atoms with Crippen molar-refractivity contribution in [2.24, 2.45) is 0 Å². The van der Waals surface area contributed by atoms with Gasteiger partial charge < -0.3 is 9.72 Å². The molecule has 3 heteroatoms. The lowest BCUT2D eigenvalue weighted by Gasteiger charge is -2.05. The van der Waals surface area contributed by atoms with Gasteiger partial charge in [-0.25, -0.2) is 4.98 Å². The van der Waals surface area contributed by atoms with Crippen LogP contribution in [-0.4, -0.2) is 17.1 Å². The van der Waals surface area contributed by atoms with Gasteiger partial charge in [-0.2, -0.15) is 0 Å². The maximum absolute atomic E-state index is 5.53. The van der Waals surface area contributed by atoms with Crippen molar-refractivity contribution in [1.29, 1.82) is 0 Å². The summed E-state index contributed by atoms with van der Waals surface area (Å²) < 4.78 is 5.53. The van der Waals surface area contributed by atoms with Crippen molar-refractivity contribution >= 4 is 0 Å². The normalized spacial score (nSPS) is 10.7. The molecule has 0 saturated carbocycles. The van der Waals surface area contributed by atoms with Gasteiger partial charge in [-0.3, -0.25) is 0 Å². The molecule has 0 aliphatic heterocycles. The monoisotopic (exact) mass is 354 g/mol. The molecule has 27 heavy (non-hydrogen) atoms. The predicted molar refractivity (Wildman–Crippen MR) is 109 cm³/mol. The average molecular weight is 354 g/mol. The minimum absolute atomic E-state index is 0.800. The summed E-state index contributed by atoms with van der Waals surface area (Å²) in [6.45, 7) is 0. The van der Waals surface area contributed by atoms with Crippen LogP contribution in [0, 0.1) is 0 Å². The number of para-hydroxylation sites is 1. The Labute approximate surface area is 159 Å². The van der Waals surface area contributed by atoms with E-state index in [0.29, 0.717) is 0 Å². The Morgan fingerprint density at radius 2 is 1.33 bits per heavy atom. The molecule has 4 rings (SSSR count). The molecule has 4 aromatic rings. The van der Waals surface area contributed by atoms with E-state index < -0.39 is 0 Å². The topological polar surface area (TPSA) is 37.9 Å². The minimum atomic E-state index is 0.800. The van der Waals surface area contributed by atoms with Gasteiger partial charge in [-0.1, -0.05) is 72.8 Å². The van der Waals surface area contributed by atoms with Crippen LogP contribution in [0.2, 0.25) is 0 Å². The van der Waals surface area contributed by atoms with Crippen LogP contribution in [0.4, 0.5) is 0 Å². The van der Waals surface area contributed by atoms with E-state index in [9.17, 15) is 0 Å². The molecule has 1 N–H and O–H groups in total. The van der Waals surface area contributed by atoms with Gasteiger partial charge in [0.05, 0.1) is 18.4 Å². The van der Waals surface area contributed by atoms with Crippen LogP contribution in [0.5, 0.6) is 5.75 Å². The lowest BCUT2D eigenvalue weighted by Crippen LogP contribution is -1.96. The van der Waals surface area contributed by atoms with Crippen LogP contribution in [0.25, 0.3) is 11.4 Å². The van der Waals surface area contributed by atoms with Crippen LogP contribution in [0.3, 0.4) is 0 Å². The Kier molecular flexibility index (Phi) is 5.01. The third-order valence-corrected chi connectivity index (χ3v) is 4.66. The van der Waals surface area contributed by atoms with Gasteiger partial charge in [0.15, 0.2) is 0 Å². The second kappa shape index (κ2) is 7.92. The lowest BCUT2D eigenvalue weighted by molar-refractivity contribution is 0.416. The number of nitrogens with zero attached hydrogens (tertiary/aromatic N) is 1. The molecule has 0 aliphatic carbocycles. The number of methoxy groups -OCH3 is 1. The number of aromatic amines is 1. The zero-order valence-corrected chi connectivity index (χ0v) is 15.4. The Morgan fingerprint density at radius 3 is 2.00 bits per heavy atom. The smallest absolute Gasteiger partial charge is 0.141 e. The van der Waals surface area contributed by atoms with Crippen LogP contribution in [-0.2, 0) is 12.8 Å². The summed E-state index contributed by atoms with van der Waals surface area (Å²) in [6, 6.07) is 28.9. The molecule has 3 aromatic carbocycles. The number of aromatic nitrogens is 2. The van der Waals surface area contributed by atoms with Gasteiger partial charge in [-0.15, -0.1) is 0 Å². The first-order chi connectivity index (χ1) is 13.3. The summed E-state index contributed by atoms with van der Waals surface area (Å²) in [5.74, 6) is 1.67. The number of benzene rings is 3. The maximum Gasteiger partial charge on any atom is 0.141 e. The first-order valence-electron chi connectivity index (χ1n) is 9.12. The Hall–Kier alpha value is -3.33. The molecule has 0 amide bonds. The number of hydrogen-bond donors (Lipinski definition) is 1. The zero-order valence-electron chi connectivity index (χ0n) is 15.4. The number of nitrogens with one attached hydrogen (secondary N) is 1. The fourth-order valence-corrected chi connectivity index (χ4v) is 3.29. The Morgan fingerprint density at radius 1 is 0.741 bits per heavy atom. The summed E-state index contributed by atoms with van der Waals surface area (Å²) in [6.07, 6.45) is 1.62. The number of ether oxygens (including phenoxy) is 1. The van der Waals surface area contributed by atoms with Crippen molar-refractivity contribution in [3.8, 4) is 17.1 Å². The van der Waals surface area contributed by atoms with E-state index in [4.69, 9.17) is 9.72 Å². The van der Waals surface area contributed by atoms with Gasteiger partial charge >= 0.3 is 0 Å². The van der Waals surface area contributed by atoms with Crippen molar-refractivity contribution in [3.05, 3.63) is 107 Å². The molecule has 0 radical (unpaired) electrons. The van der Waals surface area contributed by atoms with Crippen molar-refractivity contribution in [1.82, 2.24) is 9.97 Å². The highest BCUT2D eigenvalue weighted by atomic mass is 16.5. The third-order valence-electron chi connectivity index (χ3n) is 4.66. The SMILES string of the molecule is COc1ccccc1-c1nc(Cc2ccccc2)c(Cc2ccccc2)[nH]1. The number of H-pyrrole nitrogens is 1. The molecule has 0 spiro atoms. The van der Waals surface area contributed by atoms with E-state index in [1.54, 1.807) is 7.11 Å². The third kappa shape index (κ3) is 3.93. The quantitative estimate of drug-likeness (QED) is 0.512. The summed E-state index contributed by atoms with van der Waals surface area (Å²) >= 11 is 0. The van der Waals surface area contributed by atoms with Crippen LogP contribution in [0.15, 0.2) is 84.9 Å². The summed E-state index contributed by atoms with van der Waals surface area (Å²) in [5.41, 5.74) is 5.72. The van der Waals surface area contributed by atoms with Gasteiger partial charge in [0.2, 0.25) is 0 Å². The van der Waals surface area contributed by atoms with Crippen LogP contribution in [0.1, 0.15) is 22.5 Å². The largest absolute Gasteiger partial charge is 0.496 e. The molecule has 0 bridgehead atoms. The summed E-state index contributed by atoms with van der Waals surface area (Å²) in [4.78, 5) is 8.50. The molecule has 1 heterocycles. The fraction of sp³-hybridized carbons (Fsp3) is 0.125. The predicted octanol–water partition coefficient (Wildman–Crippen LogP) is 5.27. The number of rotatable bonds is 6. The summed E-state index contributed by atoms with van der Waals surface area (Å²) in [5, 5.41) is 0. The highest BCUT2D eigenvalue weighted by molar-refractivity contribution is 5.65. The van der Waals surface area contributed by atoms with E-state index >= 15 is 0 Å². The van der Waals surface area contributed by atoms with E-state index in [1.807, 2.05) is 36.4 Å². The van der Waals surface area contributed by atoms with Crippen LogP contribution < -0.4 is 4.74 Å². The first kappa shape index (κ1) is 17.1. The molecular formula is C24H22N2O. The van der Waals surface area contributed by atoms with Crippen molar-refractivity contribution in [2.75, 3.05) is 7.11 Å². The van der Waals surface area contributed by atoms with Gasteiger partial charge in [0, 0.05) is 18.5 Å². The van der Waals surface area contributed by atoms with E-state index in [-0.39, 0.29) is 0 Å². The molecule has 0 fully saturated rings. The van der Waals surface area contributed by atoms with Crippen LogP contribution >= 0.6 is 0 Å². The van der Waals surface area contributed by atoms with E-state index in [2.05, 4.69) is 53.5 Å². The van der Waals surface area contributed by atoms with Gasteiger partial charge in [0.25, 0.3) is 0 Å². The highest BCUT2D eigenvalue weighted by Crippen LogP contribution is 2.29.